The van der Waals surface area contributed by atoms with Gasteiger partial charge in [0.2, 0.25) is 0 Å². The Hall–Kier alpha value is -1.64. The van der Waals surface area contributed by atoms with Gasteiger partial charge in [-0.3, -0.25) is 9.59 Å². The van der Waals surface area contributed by atoms with Gasteiger partial charge in [-0.1, -0.05) is 29.8 Å². The first kappa shape index (κ1) is 11.5. The zero-order valence-corrected chi connectivity index (χ0v) is 10.4. The molecule has 1 aliphatic carbocycles. The molecule has 94 valence electrons. The van der Waals surface area contributed by atoms with Crippen LogP contribution in [0.25, 0.3) is 0 Å². The van der Waals surface area contributed by atoms with Crippen LogP contribution in [0.1, 0.15) is 35.2 Å². The Morgan fingerprint density at radius 1 is 1.22 bits per heavy atom. The van der Waals surface area contributed by atoms with E-state index in [1.165, 1.54) is 0 Å². The molecule has 0 radical (unpaired) electrons. The molecule has 1 saturated heterocycles. The second-order valence-electron chi connectivity index (χ2n) is 5.32. The second-order valence-corrected chi connectivity index (χ2v) is 5.32. The molecule has 2 aliphatic rings. The SMILES string of the molecule is Cc1ccc(C(=O)[C@H]2CC[C@@H]3C[C@H]2C(=O)O3)cc1. The fourth-order valence-electron chi connectivity index (χ4n) is 3.00. The van der Waals surface area contributed by atoms with E-state index in [-0.39, 0.29) is 29.7 Å². The van der Waals surface area contributed by atoms with Gasteiger partial charge in [0.05, 0.1) is 5.92 Å². The van der Waals surface area contributed by atoms with Crippen LogP contribution in [-0.2, 0) is 9.53 Å². The van der Waals surface area contributed by atoms with Crippen molar-refractivity contribution in [3.63, 3.8) is 0 Å². The predicted octanol–water partition coefficient (Wildman–Crippen LogP) is 2.52. The van der Waals surface area contributed by atoms with Gasteiger partial charge >= 0.3 is 5.97 Å². The summed E-state index contributed by atoms with van der Waals surface area (Å²) in [5.74, 6) is -0.475. The van der Waals surface area contributed by atoms with Crippen molar-refractivity contribution in [1.82, 2.24) is 0 Å². The molecule has 0 spiro atoms. The van der Waals surface area contributed by atoms with Crippen molar-refractivity contribution < 1.29 is 14.3 Å². The molecule has 3 nitrogen and oxygen atoms in total. The van der Waals surface area contributed by atoms with Crippen LogP contribution >= 0.6 is 0 Å². The number of carbonyl (C=O) groups is 2. The summed E-state index contributed by atoms with van der Waals surface area (Å²) >= 11 is 0. The fourth-order valence-corrected chi connectivity index (χ4v) is 3.00. The molecule has 0 unspecified atom stereocenters. The maximum Gasteiger partial charge on any atom is 0.310 e. The number of aryl methyl sites for hydroxylation is 1. The molecular formula is C15H16O3. The van der Waals surface area contributed by atoms with Crippen LogP contribution in [0.2, 0.25) is 0 Å². The molecule has 0 aromatic heterocycles. The molecule has 0 amide bonds. The number of fused-ring (bicyclic) bond motifs is 2. The van der Waals surface area contributed by atoms with E-state index in [0.717, 1.165) is 24.8 Å². The molecular weight excluding hydrogens is 228 g/mol. The standard InChI is InChI=1S/C15H16O3/c1-9-2-4-10(5-3-9)14(16)12-7-6-11-8-13(12)15(17)18-11/h2-5,11-13H,6-8H2,1H3/t11-,12+,13-/m1/s1. The number of carbonyl (C=O) groups excluding carboxylic acids is 2. The Kier molecular flexibility index (Phi) is 2.69. The van der Waals surface area contributed by atoms with Crippen LogP contribution in [0, 0.1) is 18.8 Å². The summed E-state index contributed by atoms with van der Waals surface area (Å²) in [6, 6.07) is 7.58. The molecule has 1 aromatic carbocycles. The topological polar surface area (TPSA) is 43.4 Å². The van der Waals surface area contributed by atoms with E-state index in [2.05, 4.69) is 0 Å². The van der Waals surface area contributed by atoms with Gasteiger partial charge < -0.3 is 4.74 Å². The third-order valence-electron chi connectivity index (χ3n) is 4.06. The molecule has 2 bridgehead atoms. The summed E-state index contributed by atoms with van der Waals surface area (Å²) in [5.41, 5.74) is 1.85. The molecule has 3 heteroatoms. The fraction of sp³-hybridized carbons (Fsp3) is 0.467. The van der Waals surface area contributed by atoms with Gasteiger partial charge in [-0.05, 0) is 26.2 Å². The summed E-state index contributed by atoms with van der Waals surface area (Å²) < 4.78 is 5.23. The number of ketones is 1. The van der Waals surface area contributed by atoms with E-state index < -0.39 is 0 Å². The first-order valence-electron chi connectivity index (χ1n) is 6.46. The molecule has 1 saturated carbocycles. The number of ether oxygens (including phenoxy) is 1. The Morgan fingerprint density at radius 2 is 1.94 bits per heavy atom. The smallest absolute Gasteiger partial charge is 0.310 e. The molecule has 1 heterocycles. The highest BCUT2D eigenvalue weighted by atomic mass is 16.6. The van der Waals surface area contributed by atoms with E-state index in [0.29, 0.717) is 5.56 Å². The highest BCUT2D eigenvalue weighted by Crippen LogP contribution is 2.40. The minimum Gasteiger partial charge on any atom is -0.462 e. The summed E-state index contributed by atoms with van der Waals surface area (Å²) in [7, 11) is 0. The normalized spacial score (nSPS) is 30.1. The monoisotopic (exact) mass is 244 g/mol. The van der Waals surface area contributed by atoms with Gasteiger partial charge in [0.25, 0.3) is 0 Å². The van der Waals surface area contributed by atoms with Gasteiger partial charge in [-0.15, -0.1) is 0 Å². The lowest BCUT2D eigenvalue weighted by Crippen LogP contribution is -2.29. The maximum atomic E-state index is 12.4. The van der Waals surface area contributed by atoms with E-state index in [1.807, 2.05) is 31.2 Å². The number of Topliss-reactive ketones (excluding diaryl/α,β-unsaturated/α-hetero) is 1. The van der Waals surface area contributed by atoms with Gasteiger partial charge in [0, 0.05) is 11.5 Å². The Labute approximate surface area is 106 Å². The first-order valence-corrected chi connectivity index (χ1v) is 6.46. The van der Waals surface area contributed by atoms with Gasteiger partial charge in [0.15, 0.2) is 5.78 Å². The van der Waals surface area contributed by atoms with Crippen LogP contribution < -0.4 is 0 Å². The molecule has 1 aliphatic heterocycles. The highest BCUT2D eigenvalue weighted by Gasteiger charge is 2.46. The van der Waals surface area contributed by atoms with Crippen LogP contribution in [0.15, 0.2) is 24.3 Å². The molecule has 3 atom stereocenters. The number of hydrogen-bond acceptors (Lipinski definition) is 3. The average molecular weight is 244 g/mol. The molecule has 2 fully saturated rings. The maximum absolute atomic E-state index is 12.4. The zero-order chi connectivity index (χ0) is 12.7. The summed E-state index contributed by atoms with van der Waals surface area (Å²) in [4.78, 5) is 24.1. The van der Waals surface area contributed by atoms with Crippen LogP contribution in [-0.4, -0.2) is 17.9 Å². The second kappa shape index (κ2) is 4.23. The highest BCUT2D eigenvalue weighted by molar-refractivity contribution is 6.00. The van der Waals surface area contributed by atoms with Crippen molar-refractivity contribution in [2.75, 3.05) is 0 Å². The Bertz CT molecular complexity index is 489. The van der Waals surface area contributed by atoms with Crippen LogP contribution in [0.3, 0.4) is 0 Å². The molecule has 1 aromatic rings. The quantitative estimate of drug-likeness (QED) is 0.593. The summed E-state index contributed by atoms with van der Waals surface area (Å²) in [6.45, 7) is 1.99. The largest absolute Gasteiger partial charge is 0.462 e. The van der Waals surface area contributed by atoms with Crippen molar-refractivity contribution >= 4 is 11.8 Å². The Morgan fingerprint density at radius 3 is 2.67 bits per heavy atom. The minimum atomic E-state index is -0.211. The van der Waals surface area contributed by atoms with Gasteiger partial charge in [-0.25, -0.2) is 0 Å². The number of rotatable bonds is 2. The third-order valence-corrected chi connectivity index (χ3v) is 4.06. The van der Waals surface area contributed by atoms with Gasteiger partial charge in [0.1, 0.15) is 6.10 Å². The number of hydrogen-bond donors (Lipinski definition) is 0. The summed E-state index contributed by atoms with van der Waals surface area (Å²) in [5, 5.41) is 0. The van der Waals surface area contributed by atoms with Crippen molar-refractivity contribution in [3.8, 4) is 0 Å². The Balaban J connectivity index is 1.84. The predicted molar refractivity (Wildman–Crippen MR) is 66.2 cm³/mol. The van der Waals surface area contributed by atoms with E-state index >= 15 is 0 Å². The number of esters is 1. The van der Waals surface area contributed by atoms with Crippen molar-refractivity contribution in [2.24, 2.45) is 11.8 Å². The van der Waals surface area contributed by atoms with E-state index in [1.54, 1.807) is 0 Å². The summed E-state index contributed by atoms with van der Waals surface area (Å²) in [6.07, 6.45) is 2.38. The van der Waals surface area contributed by atoms with Gasteiger partial charge in [-0.2, -0.15) is 0 Å². The van der Waals surface area contributed by atoms with Crippen LogP contribution in [0.4, 0.5) is 0 Å². The van der Waals surface area contributed by atoms with E-state index in [4.69, 9.17) is 4.74 Å². The van der Waals surface area contributed by atoms with Crippen LogP contribution in [0.5, 0.6) is 0 Å². The molecule has 3 rings (SSSR count). The number of benzene rings is 1. The lowest BCUT2D eigenvalue weighted by molar-refractivity contribution is -0.143. The zero-order valence-electron chi connectivity index (χ0n) is 10.4. The van der Waals surface area contributed by atoms with E-state index in [9.17, 15) is 9.59 Å². The molecule has 18 heavy (non-hydrogen) atoms. The third kappa shape index (κ3) is 1.84. The minimum absolute atomic E-state index is 0.0598. The van der Waals surface area contributed by atoms with Crippen molar-refractivity contribution in [3.05, 3.63) is 35.4 Å². The lowest BCUT2D eigenvalue weighted by atomic mass is 9.76. The average Bonchev–Trinajstić information content (AvgIpc) is 2.66. The first-order chi connectivity index (χ1) is 8.65. The van der Waals surface area contributed by atoms with Crippen molar-refractivity contribution in [1.29, 1.82) is 0 Å². The lowest BCUT2D eigenvalue weighted by Gasteiger charge is -2.23. The van der Waals surface area contributed by atoms with Crippen molar-refractivity contribution in [2.45, 2.75) is 32.3 Å². The molecule has 0 N–H and O–H groups in total.